The topological polar surface area (TPSA) is 38.9 Å². The maximum atomic E-state index is 6.14. The first-order valence-electron chi connectivity index (χ1n) is 6.22. The Kier molecular flexibility index (Phi) is 3.47. The first kappa shape index (κ1) is 13.2. The molecule has 3 rings (SSSR count). The molecule has 3 aromatic rings. The summed E-state index contributed by atoms with van der Waals surface area (Å²) in [6.45, 7) is 2.07. The fraction of sp³-hybridized carbons (Fsp3) is 0.0625. The van der Waals surface area contributed by atoms with Crippen LogP contribution in [0.2, 0.25) is 5.02 Å². The Labute approximate surface area is 126 Å². The second kappa shape index (κ2) is 5.27. The summed E-state index contributed by atoms with van der Waals surface area (Å²) in [5.74, 6) is 0. The number of hydrogen-bond donors (Lipinski definition) is 1. The van der Waals surface area contributed by atoms with Crippen molar-refractivity contribution in [3.63, 3.8) is 0 Å². The molecule has 0 amide bonds. The number of fused-ring (bicyclic) bond motifs is 1. The van der Waals surface area contributed by atoms with Gasteiger partial charge >= 0.3 is 0 Å². The van der Waals surface area contributed by atoms with Gasteiger partial charge in [-0.25, -0.2) is 4.98 Å². The van der Waals surface area contributed by atoms with E-state index in [-0.39, 0.29) is 0 Å². The predicted octanol–water partition coefficient (Wildman–Crippen LogP) is 5.01. The molecule has 0 aliphatic rings. The number of aromatic nitrogens is 1. The van der Waals surface area contributed by atoms with Crippen molar-refractivity contribution in [1.29, 1.82) is 0 Å². The Hall–Kier alpha value is -1.84. The minimum atomic E-state index is 0.687. The average Bonchev–Trinajstić information content (AvgIpc) is 2.81. The molecule has 4 heteroatoms. The first-order valence-corrected chi connectivity index (χ1v) is 7.41. The van der Waals surface area contributed by atoms with Gasteiger partial charge in [0.2, 0.25) is 0 Å². The number of nitrogens with two attached hydrogens (primary N) is 1. The Balaban J connectivity index is 1.96. The van der Waals surface area contributed by atoms with Crippen LogP contribution in [-0.2, 0) is 0 Å². The summed E-state index contributed by atoms with van der Waals surface area (Å²) in [6, 6.07) is 11.8. The van der Waals surface area contributed by atoms with Crippen LogP contribution in [0.5, 0.6) is 0 Å². The molecule has 0 saturated heterocycles. The Morgan fingerprint density at radius 3 is 2.85 bits per heavy atom. The van der Waals surface area contributed by atoms with Crippen molar-refractivity contribution in [3.05, 3.63) is 57.6 Å². The predicted molar refractivity (Wildman–Crippen MR) is 89.1 cm³/mol. The summed E-state index contributed by atoms with van der Waals surface area (Å²) in [4.78, 5) is 4.60. The van der Waals surface area contributed by atoms with Gasteiger partial charge in [-0.1, -0.05) is 23.7 Å². The molecule has 0 radical (unpaired) electrons. The third kappa shape index (κ3) is 2.69. The molecule has 1 heterocycles. The van der Waals surface area contributed by atoms with E-state index in [1.807, 2.05) is 18.2 Å². The highest BCUT2D eigenvalue weighted by molar-refractivity contribution is 7.19. The van der Waals surface area contributed by atoms with Gasteiger partial charge in [-0.15, -0.1) is 11.3 Å². The summed E-state index contributed by atoms with van der Waals surface area (Å²) in [6.07, 6.45) is 3.92. The molecule has 0 atom stereocenters. The SMILES string of the molecule is Cc1ccc2sc(C=Cc3cc(N)ccc3Cl)nc2c1. The van der Waals surface area contributed by atoms with Gasteiger partial charge in [-0.3, -0.25) is 0 Å². The fourth-order valence-corrected chi connectivity index (χ4v) is 3.01. The number of thiazole rings is 1. The lowest BCUT2D eigenvalue weighted by Gasteiger charge is -1.99. The zero-order valence-electron chi connectivity index (χ0n) is 10.9. The van der Waals surface area contributed by atoms with E-state index in [2.05, 4.69) is 30.1 Å². The van der Waals surface area contributed by atoms with Crippen LogP contribution in [0, 0.1) is 6.92 Å². The number of nitrogen functional groups attached to an aromatic ring is 1. The van der Waals surface area contributed by atoms with Crippen LogP contribution in [0.1, 0.15) is 16.1 Å². The quantitative estimate of drug-likeness (QED) is 0.676. The van der Waals surface area contributed by atoms with Gasteiger partial charge in [0, 0.05) is 10.7 Å². The lowest BCUT2D eigenvalue weighted by Crippen LogP contribution is -1.85. The first-order chi connectivity index (χ1) is 9.61. The fourth-order valence-electron chi connectivity index (χ4n) is 1.98. The molecule has 0 spiro atoms. The summed E-state index contributed by atoms with van der Waals surface area (Å²) < 4.78 is 1.19. The standard InChI is InChI=1S/C16H13ClN2S/c1-10-2-6-15-14(8-10)19-16(20-15)7-3-11-9-12(18)4-5-13(11)17/h2-9H,18H2,1H3. The van der Waals surface area contributed by atoms with Gasteiger partial charge in [-0.2, -0.15) is 0 Å². The van der Waals surface area contributed by atoms with Crippen molar-refractivity contribution in [3.8, 4) is 0 Å². The molecule has 0 aliphatic heterocycles. The van der Waals surface area contributed by atoms with Gasteiger partial charge < -0.3 is 5.73 Å². The number of rotatable bonds is 2. The highest BCUT2D eigenvalue weighted by atomic mass is 35.5. The summed E-state index contributed by atoms with van der Waals surface area (Å²) in [7, 11) is 0. The second-order valence-corrected chi connectivity index (χ2v) is 6.11. The number of aryl methyl sites for hydroxylation is 1. The van der Waals surface area contributed by atoms with E-state index in [9.17, 15) is 0 Å². The van der Waals surface area contributed by atoms with E-state index in [0.29, 0.717) is 10.7 Å². The number of nitrogens with zero attached hydrogens (tertiary/aromatic N) is 1. The summed E-state index contributed by atoms with van der Waals surface area (Å²) in [5, 5.41) is 1.65. The maximum absolute atomic E-state index is 6.14. The van der Waals surface area contributed by atoms with Gasteiger partial charge in [-0.05, 0) is 54.5 Å². The Bertz CT molecular complexity index is 805. The minimum Gasteiger partial charge on any atom is -0.399 e. The molecule has 0 bridgehead atoms. The number of halogens is 1. The third-order valence-electron chi connectivity index (χ3n) is 2.99. The largest absolute Gasteiger partial charge is 0.399 e. The molecule has 2 nitrogen and oxygen atoms in total. The van der Waals surface area contributed by atoms with Crippen molar-refractivity contribution >= 4 is 51.0 Å². The van der Waals surface area contributed by atoms with Crippen LogP contribution in [0.15, 0.2) is 36.4 Å². The van der Waals surface area contributed by atoms with Crippen LogP contribution in [0.25, 0.3) is 22.4 Å². The van der Waals surface area contributed by atoms with Gasteiger partial charge in [0.15, 0.2) is 0 Å². The van der Waals surface area contributed by atoms with E-state index in [1.165, 1.54) is 10.3 Å². The van der Waals surface area contributed by atoms with E-state index in [4.69, 9.17) is 17.3 Å². The second-order valence-electron chi connectivity index (χ2n) is 4.64. The molecule has 2 aromatic carbocycles. The normalized spacial score (nSPS) is 11.5. The molecule has 0 aliphatic carbocycles. The highest BCUT2D eigenvalue weighted by Gasteiger charge is 2.02. The van der Waals surface area contributed by atoms with E-state index in [1.54, 1.807) is 23.5 Å². The van der Waals surface area contributed by atoms with Crippen molar-refractivity contribution in [1.82, 2.24) is 4.98 Å². The van der Waals surface area contributed by atoms with Crippen LogP contribution in [0.3, 0.4) is 0 Å². The third-order valence-corrected chi connectivity index (χ3v) is 4.33. The summed E-state index contributed by atoms with van der Waals surface area (Å²) in [5.41, 5.74) is 9.63. The van der Waals surface area contributed by atoms with Crippen molar-refractivity contribution in [2.75, 3.05) is 5.73 Å². The zero-order chi connectivity index (χ0) is 14.1. The molecule has 2 N–H and O–H groups in total. The van der Waals surface area contributed by atoms with E-state index < -0.39 is 0 Å². The lowest BCUT2D eigenvalue weighted by atomic mass is 10.2. The lowest BCUT2D eigenvalue weighted by molar-refractivity contribution is 1.43. The highest BCUT2D eigenvalue weighted by Crippen LogP contribution is 2.26. The molecule has 0 saturated carbocycles. The zero-order valence-corrected chi connectivity index (χ0v) is 12.5. The van der Waals surface area contributed by atoms with E-state index >= 15 is 0 Å². The number of anilines is 1. The van der Waals surface area contributed by atoms with Crippen molar-refractivity contribution in [2.45, 2.75) is 6.92 Å². The minimum absolute atomic E-state index is 0.687. The van der Waals surface area contributed by atoms with Crippen LogP contribution in [0.4, 0.5) is 5.69 Å². The number of benzene rings is 2. The van der Waals surface area contributed by atoms with Crippen LogP contribution < -0.4 is 5.73 Å². The van der Waals surface area contributed by atoms with Gasteiger partial charge in [0.05, 0.1) is 10.2 Å². The molecular weight excluding hydrogens is 288 g/mol. The Morgan fingerprint density at radius 2 is 2.00 bits per heavy atom. The molecule has 20 heavy (non-hydrogen) atoms. The van der Waals surface area contributed by atoms with Gasteiger partial charge in [0.25, 0.3) is 0 Å². The molecule has 0 fully saturated rings. The van der Waals surface area contributed by atoms with Gasteiger partial charge in [0.1, 0.15) is 5.01 Å². The summed E-state index contributed by atoms with van der Waals surface area (Å²) >= 11 is 7.80. The molecule has 1 aromatic heterocycles. The molecule has 0 unspecified atom stereocenters. The van der Waals surface area contributed by atoms with Crippen molar-refractivity contribution in [2.24, 2.45) is 0 Å². The van der Waals surface area contributed by atoms with Crippen molar-refractivity contribution < 1.29 is 0 Å². The smallest absolute Gasteiger partial charge is 0.117 e. The molecular formula is C16H13ClN2S. The van der Waals surface area contributed by atoms with E-state index in [0.717, 1.165) is 16.1 Å². The van der Waals surface area contributed by atoms with Crippen LogP contribution >= 0.6 is 22.9 Å². The van der Waals surface area contributed by atoms with Crippen LogP contribution in [-0.4, -0.2) is 4.98 Å². The number of hydrogen-bond acceptors (Lipinski definition) is 3. The average molecular weight is 301 g/mol. The maximum Gasteiger partial charge on any atom is 0.117 e. The monoisotopic (exact) mass is 300 g/mol. The molecule has 100 valence electrons. The Morgan fingerprint density at radius 1 is 1.15 bits per heavy atom.